The summed E-state index contributed by atoms with van der Waals surface area (Å²) in [5.74, 6) is 0.966. The number of hydrogen-bond donors (Lipinski definition) is 1. The van der Waals surface area contributed by atoms with Crippen LogP contribution in [0, 0.1) is 0 Å². The molecule has 92 valence electrons. The van der Waals surface area contributed by atoms with Crippen molar-refractivity contribution in [2.75, 3.05) is 26.7 Å². The molecular formula is C13H18N2O2. The Balaban J connectivity index is 2.13. The second-order valence-electron chi connectivity index (χ2n) is 4.15. The summed E-state index contributed by atoms with van der Waals surface area (Å²) in [6, 6.07) is 7.48. The average Bonchev–Trinajstić information content (AvgIpc) is 2.34. The van der Waals surface area contributed by atoms with Crippen molar-refractivity contribution >= 4 is 5.91 Å². The van der Waals surface area contributed by atoms with E-state index in [0.29, 0.717) is 6.61 Å². The molecule has 0 spiro atoms. The molecule has 1 saturated heterocycles. The van der Waals surface area contributed by atoms with Crippen LogP contribution in [0.1, 0.15) is 18.5 Å². The molecule has 1 amide bonds. The van der Waals surface area contributed by atoms with Crippen LogP contribution in [-0.4, -0.2) is 37.6 Å². The lowest BCUT2D eigenvalue weighted by Gasteiger charge is -2.30. The quantitative estimate of drug-likeness (QED) is 0.854. The number of nitrogens with one attached hydrogen (secondary N) is 1. The third kappa shape index (κ3) is 2.58. The molecule has 1 atom stereocenters. The monoisotopic (exact) mass is 234 g/mol. The fourth-order valence-electron chi connectivity index (χ4n) is 1.98. The van der Waals surface area contributed by atoms with E-state index in [1.165, 1.54) is 0 Å². The molecule has 1 unspecified atom stereocenters. The number of carbonyl (C=O) groups is 1. The largest absolute Gasteiger partial charge is 0.494 e. The van der Waals surface area contributed by atoms with Crippen LogP contribution >= 0.6 is 0 Å². The number of benzene rings is 1. The molecule has 4 nitrogen and oxygen atoms in total. The fourth-order valence-corrected chi connectivity index (χ4v) is 1.98. The SMILES string of the molecule is CCOc1ccc(C2NCCN(C)C2=O)cc1. The zero-order chi connectivity index (χ0) is 12.3. The second-order valence-corrected chi connectivity index (χ2v) is 4.15. The van der Waals surface area contributed by atoms with Crippen LogP contribution in [-0.2, 0) is 4.79 Å². The topological polar surface area (TPSA) is 41.6 Å². The van der Waals surface area contributed by atoms with Crippen molar-refractivity contribution in [3.63, 3.8) is 0 Å². The van der Waals surface area contributed by atoms with Gasteiger partial charge in [0.05, 0.1) is 6.61 Å². The number of nitrogens with zero attached hydrogens (tertiary/aromatic N) is 1. The number of hydrogen-bond acceptors (Lipinski definition) is 3. The van der Waals surface area contributed by atoms with Gasteiger partial charge in [-0.3, -0.25) is 4.79 Å². The molecular weight excluding hydrogens is 216 g/mol. The molecule has 0 bridgehead atoms. The van der Waals surface area contributed by atoms with Crippen LogP contribution in [0.2, 0.25) is 0 Å². The zero-order valence-electron chi connectivity index (χ0n) is 10.3. The molecule has 1 aliphatic heterocycles. The van der Waals surface area contributed by atoms with Crippen molar-refractivity contribution in [1.82, 2.24) is 10.2 Å². The van der Waals surface area contributed by atoms with E-state index in [0.717, 1.165) is 24.4 Å². The van der Waals surface area contributed by atoms with Crippen LogP contribution < -0.4 is 10.1 Å². The van der Waals surface area contributed by atoms with E-state index in [1.807, 2.05) is 38.2 Å². The fraction of sp³-hybridized carbons (Fsp3) is 0.462. The summed E-state index contributed by atoms with van der Waals surface area (Å²) >= 11 is 0. The van der Waals surface area contributed by atoms with Crippen LogP contribution in [0.15, 0.2) is 24.3 Å². The normalized spacial score (nSPS) is 20.5. The maximum Gasteiger partial charge on any atom is 0.244 e. The Morgan fingerprint density at radius 3 is 2.76 bits per heavy atom. The highest BCUT2D eigenvalue weighted by atomic mass is 16.5. The van der Waals surface area contributed by atoms with Crippen molar-refractivity contribution < 1.29 is 9.53 Å². The lowest BCUT2D eigenvalue weighted by molar-refractivity contribution is -0.134. The standard InChI is InChI=1S/C13H18N2O2/c1-3-17-11-6-4-10(5-7-11)12-13(16)15(2)9-8-14-12/h4-7,12,14H,3,8-9H2,1-2H3. The summed E-state index contributed by atoms with van der Waals surface area (Å²) in [6.07, 6.45) is 0. The van der Waals surface area contributed by atoms with Gasteiger partial charge in [-0.25, -0.2) is 0 Å². The minimum Gasteiger partial charge on any atom is -0.494 e. The molecule has 1 N–H and O–H groups in total. The van der Waals surface area contributed by atoms with Crippen LogP contribution in [0.5, 0.6) is 5.75 Å². The van der Waals surface area contributed by atoms with Gasteiger partial charge in [-0.2, -0.15) is 0 Å². The predicted octanol–water partition coefficient (Wildman–Crippen LogP) is 1.19. The molecule has 4 heteroatoms. The Bertz CT molecular complexity index is 389. The van der Waals surface area contributed by atoms with Gasteiger partial charge in [0.25, 0.3) is 0 Å². The van der Waals surface area contributed by atoms with Crippen molar-refractivity contribution in [3.8, 4) is 5.75 Å². The van der Waals surface area contributed by atoms with Gasteiger partial charge in [-0.05, 0) is 24.6 Å². The molecule has 0 aromatic heterocycles. The Labute approximate surface area is 102 Å². The van der Waals surface area contributed by atoms with Crippen molar-refractivity contribution in [1.29, 1.82) is 0 Å². The third-order valence-electron chi connectivity index (χ3n) is 2.94. The highest BCUT2D eigenvalue weighted by Gasteiger charge is 2.26. The number of ether oxygens (including phenoxy) is 1. The lowest BCUT2D eigenvalue weighted by atomic mass is 10.0. The Morgan fingerprint density at radius 2 is 2.12 bits per heavy atom. The molecule has 0 aliphatic carbocycles. The van der Waals surface area contributed by atoms with Gasteiger partial charge < -0.3 is 15.0 Å². The summed E-state index contributed by atoms with van der Waals surface area (Å²) in [4.78, 5) is 13.7. The first-order valence-electron chi connectivity index (χ1n) is 5.93. The third-order valence-corrected chi connectivity index (χ3v) is 2.94. The van der Waals surface area contributed by atoms with Gasteiger partial charge in [0.2, 0.25) is 5.91 Å². The Morgan fingerprint density at radius 1 is 1.41 bits per heavy atom. The predicted molar refractivity (Wildman–Crippen MR) is 66.0 cm³/mol. The van der Waals surface area contributed by atoms with Crippen molar-refractivity contribution in [2.45, 2.75) is 13.0 Å². The lowest BCUT2D eigenvalue weighted by Crippen LogP contribution is -2.48. The average molecular weight is 234 g/mol. The van der Waals surface area contributed by atoms with E-state index in [1.54, 1.807) is 4.90 Å². The summed E-state index contributed by atoms with van der Waals surface area (Å²) in [5.41, 5.74) is 0.991. The first-order chi connectivity index (χ1) is 8.22. The number of carbonyl (C=O) groups excluding carboxylic acids is 1. The second kappa shape index (κ2) is 5.19. The van der Waals surface area contributed by atoms with Gasteiger partial charge >= 0.3 is 0 Å². The van der Waals surface area contributed by atoms with E-state index < -0.39 is 0 Å². The van der Waals surface area contributed by atoms with Gasteiger partial charge in [-0.15, -0.1) is 0 Å². The first-order valence-corrected chi connectivity index (χ1v) is 5.93. The zero-order valence-corrected chi connectivity index (χ0v) is 10.3. The maximum absolute atomic E-state index is 12.0. The smallest absolute Gasteiger partial charge is 0.244 e. The molecule has 1 heterocycles. The van der Waals surface area contributed by atoms with E-state index >= 15 is 0 Å². The van der Waals surface area contributed by atoms with Gasteiger partial charge in [0.15, 0.2) is 0 Å². The minimum atomic E-state index is -0.218. The Hall–Kier alpha value is -1.55. The van der Waals surface area contributed by atoms with Crippen LogP contribution in [0.4, 0.5) is 0 Å². The molecule has 1 aromatic carbocycles. The molecule has 0 radical (unpaired) electrons. The van der Waals surface area contributed by atoms with E-state index in [9.17, 15) is 4.79 Å². The first kappa shape index (κ1) is 11.9. The van der Waals surface area contributed by atoms with Gasteiger partial charge in [0.1, 0.15) is 11.8 Å². The number of amides is 1. The van der Waals surface area contributed by atoms with Crippen molar-refractivity contribution in [3.05, 3.63) is 29.8 Å². The number of likely N-dealkylation sites (N-methyl/N-ethyl adjacent to an activating group) is 1. The van der Waals surface area contributed by atoms with E-state index in [2.05, 4.69) is 5.32 Å². The van der Waals surface area contributed by atoms with E-state index in [4.69, 9.17) is 4.74 Å². The van der Waals surface area contributed by atoms with E-state index in [-0.39, 0.29) is 11.9 Å². The molecule has 1 fully saturated rings. The molecule has 0 saturated carbocycles. The maximum atomic E-state index is 12.0. The summed E-state index contributed by atoms with van der Waals surface area (Å²) in [7, 11) is 1.84. The molecule has 1 aromatic rings. The molecule has 1 aliphatic rings. The number of piperazine rings is 1. The molecule has 2 rings (SSSR count). The van der Waals surface area contributed by atoms with Crippen LogP contribution in [0.3, 0.4) is 0 Å². The van der Waals surface area contributed by atoms with Gasteiger partial charge in [0, 0.05) is 20.1 Å². The summed E-state index contributed by atoms with van der Waals surface area (Å²) in [5, 5.41) is 3.24. The highest BCUT2D eigenvalue weighted by Crippen LogP contribution is 2.21. The summed E-state index contributed by atoms with van der Waals surface area (Å²) in [6.45, 7) is 4.21. The minimum absolute atomic E-state index is 0.125. The van der Waals surface area contributed by atoms with Crippen LogP contribution in [0.25, 0.3) is 0 Å². The van der Waals surface area contributed by atoms with Gasteiger partial charge in [-0.1, -0.05) is 12.1 Å². The number of rotatable bonds is 3. The summed E-state index contributed by atoms with van der Waals surface area (Å²) < 4.78 is 5.38. The Kier molecular flexibility index (Phi) is 3.64. The highest BCUT2D eigenvalue weighted by molar-refractivity contribution is 5.83. The molecule has 17 heavy (non-hydrogen) atoms. The van der Waals surface area contributed by atoms with Crippen molar-refractivity contribution in [2.24, 2.45) is 0 Å².